The molecule has 3 unspecified atom stereocenters. The van der Waals surface area contributed by atoms with Crippen LogP contribution in [0.2, 0.25) is 0 Å². The number of rotatable bonds is 5. The molecule has 0 spiro atoms. The number of nitrogens with zero attached hydrogens (tertiary/aromatic N) is 1. The molecule has 17 heavy (non-hydrogen) atoms. The quantitative estimate of drug-likeness (QED) is 0.724. The predicted molar refractivity (Wildman–Crippen MR) is 66.4 cm³/mol. The van der Waals surface area contributed by atoms with Crippen molar-refractivity contribution in [3.05, 3.63) is 0 Å². The van der Waals surface area contributed by atoms with E-state index >= 15 is 0 Å². The number of fused-ring (bicyclic) bond motifs is 2. The van der Waals surface area contributed by atoms with Crippen LogP contribution in [0.4, 0.5) is 0 Å². The van der Waals surface area contributed by atoms with Gasteiger partial charge in [0.1, 0.15) is 5.54 Å². The Morgan fingerprint density at radius 1 is 1.41 bits per heavy atom. The standard InChI is InChI=1S/C13H23N3O/c1-15-13(12(14)17,10-3-4-10)8-16-7-9-2-5-11(16)6-9/h9-11,15H,2-8H2,1H3,(H2,14,17). The third kappa shape index (κ3) is 1.78. The van der Waals surface area contributed by atoms with Gasteiger partial charge in [-0.25, -0.2) is 0 Å². The van der Waals surface area contributed by atoms with Gasteiger partial charge in [0, 0.05) is 19.1 Å². The van der Waals surface area contributed by atoms with Crippen molar-refractivity contribution in [2.24, 2.45) is 17.6 Å². The topological polar surface area (TPSA) is 58.4 Å². The number of likely N-dealkylation sites (tertiary alicyclic amines) is 1. The van der Waals surface area contributed by atoms with Crippen molar-refractivity contribution in [2.45, 2.75) is 43.7 Å². The van der Waals surface area contributed by atoms with E-state index in [1.165, 1.54) is 25.8 Å². The Bertz CT molecular complexity index is 329. The van der Waals surface area contributed by atoms with Crippen LogP contribution in [-0.4, -0.2) is 42.5 Å². The second-order valence-electron chi connectivity index (χ2n) is 6.12. The first-order valence-electron chi connectivity index (χ1n) is 6.88. The van der Waals surface area contributed by atoms with Crippen molar-refractivity contribution < 1.29 is 4.79 Å². The number of piperidine rings is 1. The van der Waals surface area contributed by atoms with Gasteiger partial charge < -0.3 is 11.1 Å². The maximum atomic E-state index is 11.9. The lowest BCUT2D eigenvalue weighted by molar-refractivity contribution is -0.126. The summed E-state index contributed by atoms with van der Waals surface area (Å²) in [6.45, 7) is 2.00. The molecule has 96 valence electrons. The Kier molecular flexibility index (Phi) is 2.67. The van der Waals surface area contributed by atoms with Gasteiger partial charge in [-0.3, -0.25) is 9.69 Å². The summed E-state index contributed by atoms with van der Waals surface area (Å²) in [5.74, 6) is 1.18. The van der Waals surface area contributed by atoms with Crippen molar-refractivity contribution >= 4 is 5.91 Å². The molecule has 0 aromatic rings. The van der Waals surface area contributed by atoms with Gasteiger partial charge in [-0.1, -0.05) is 0 Å². The van der Waals surface area contributed by atoms with Crippen LogP contribution in [0.15, 0.2) is 0 Å². The molecule has 1 amide bonds. The molecule has 3 rings (SSSR count). The fourth-order valence-electron chi connectivity index (χ4n) is 3.93. The molecular formula is C13H23N3O. The maximum Gasteiger partial charge on any atom is 0.239 e. The largest absolute Gasteiger partial charge is 0.368 e. The molecule has 3 N–H and O–H groups in total. The molecule has 2 bridgehead atoms. The first-order valence-corrected chi connectivity index (χ1v) is 6.88. The summed E-state index contributed by atoms with van der Waals surface area (Å²) in [6.07, 6.45) is 6.32. The number of nitrogens with one attached hydrogen (secondary N) is 1. The number of amides is 1. The van der Waals surface area contributed by atoms with E-state index in [0.29, 0.717) is 12.0 Å². The van der Waals surface area contributed by atoms with E-state index in [4.69, 9.17) is 5.73 Å². The number of nitrogens with two attached hydrogens (primary N) is 1. The van der Waals surface area contributed by atoms with E-state index in [-0.39, 0.29) is 5.91 Å². The van der Waals surface area contributed by atoms with Gasteiger partial charge in [0.05, 0.1) is 0 Å². The van der Waals surface area contributed by atoms with E-state index in [9.17, 15) is 4.79 Å². The summed E-state index contributed by atoms with van der Waals surface area (Å²) in [5.41, 5.74) is 5.20. The monoisotopic (exact) mass is 237 g/mol. The van der Waals surface area contributed by atoms with Crippen molar-refractivity contribution in [1.29, 1.82) is 0 Å². The van der Waals surface area contributed by atoms with E-state index in [2.05, 4.69) is 10.2 Å². The molecule has 3 aliphatic rings. The Hall–Kier alpha value is -0.610. The molecule has 3 fully saturated rings. The fourth-order valence-corrected chi connectivity index (χ4v) is 3.93. The van der Waals surface area contributed by atoms with Gasteiger partial charge in [0.2, 0.25) is 5.91 Å². The Morgan fingerprint density at radius 2 is 2.18 bits per heavy atom. The lowest BCUT2D eigenvalue weighted by Gasteiger charge is -2.38. The second kappa shape index (κ2) is 3.95. The van der Waals surface area contributed by atoms with Crippen LogP contribution in [0.25, 0.3) is 0 Å². The summed E-state index contributed by atoms with van der Waals surface area (Å²) in [6, 6.07) is 0.714. The molecule has 1 aliphatic heterocycles. The minimum Gasteiger partial charge on any atom is -0.368 e. The highest BCUT2D eigenvalue weighted by Gasteiger charge is 2.52. The van der Waals surface area contributed by atoms with Crippen LogP contribution in [0.1, 0.15) is 32.1 Å². The highest BCUT2D eigenvalue weighted by Crippen LogP contribution is 2.43. The third-order valence-electron chi connectivity index (χ3n) is 5.14. The lowest BCUT2D eigenvalue weighted by atomic mass is 9.91. The average molecular weight is 237 g/mol. The van der Waals surface area contributed by atoms with Crippen LogP contribution in [0.5, 0.6) is 0 Å². The van der Waals surface area contributed by atoms with Crippen molar-refractivity contribution in [3.63, 3.8) is 0 Å². The number of hydrogen-bond donors (Lipinski definition) is 2. The predicted octanol–water partition coefficient (Wildman–Crippen LogP) is 0.324. The Morgan fingerprint density at radius 3 is 2.59 bits per heavy atom. The second-order valence-corrected chi connectivity index (χ2v) is 6.12. The van der Waals surface area contributed by atoms with Crippen LogP contribution < -0.4 is 11.1 Å². The molecule has 2 saturated carbocycles. The van der Waals surface area contributed by atoms with Gasteiger partial charge in [-0.05, 0) is 51.0 Å². The molecule has 3 atom stereocenters. The summed E-state index contributed by atoms with van der Waals surface area (Å²) in [7, 11) is 1.89. The molecule has 1 heterocycles. The average Bonchev–Trinajstić information content (AvgIpc) is 2.96. The van der Waals surface area contributed by atoms with Gasteiger partial charge >= 0.3 is 0 Å². The van der Waals surface area contributed by atoms with Crippen LogP contribution in [0.3, 0.4) is 0 Å². The molecular weight excluding hydrogens is 214 g/mol. The number of likely N-dealkylation sites (N-methyl/N-ethyl adjacent to an activating group) is 1. The van der Waals surface area contributed by atoms with Crippen LogP contribution in [-0.2, 0) is 4.79 Å². The van der Waals surface area contributed by atoms with E-state index in [1.54, 1.807) is 0 Å². The van der Waals surface area contributed by atoms with E-state index in [0.717, 1.165) is 25.3 Å². The van der Waals surface area contributed by atoms with Crippen molar-refractivity contribution in [3.8, 4) is 0 Å². The minimum absolute atomic E-state index is 0.162. The smallest absolute Gasteiger partial charge is 0.239 e. The molecule has 1 saturated heterocycles. The zero-order valence-corrected chi connectivity index (χ0v) is 10.6. The summed E-state index contributed by atoms with van der Waals surface area (Å²) >= 11 is 0. The molecule has 0 radical (unpaired) electrons. The van der Waals surface area contributed by atoms with Crippen LogP contribution in [0, 0.1) is 11.8 Å². The number of carbonyl (C=O) groups is 1. The number of hydrogen-bond acceptors (Lipinski definition) is 3. The number of carbonyl (C=O) groups excluding carboxylic acids is 1. The Balaban J connectivity index is 1.74. The lowest BCUT2D eigenvalue weighted by Crippen LogP contribution is -2.62. The minimum atomic E-state index is -0.468. The highest BCUT2D eigenvalue weighted by atomic mass is 16.1. The SMILES string of the molecule is CNC(CN1CC2CCC1C2)(C(N)=O)C1CC1. The van der Waals surface area contributed by atoms with Gasteiger partial charge in [0.25, 0.3) is 0 Å². The zero-order valence-electron chi connectivity index (χ0n) is 10.6. The molecule has 4 heteroatoms. The normalized spacial score (nSPS) is 36.1. The van der Waals surface area contributed by atoms with Crippen molar-refractivity contribution in [2.75, 3.05) is 20.1 Å². The van der Waals surface area contributed by atoms with Gasteiger partial charge in [-0.2, -0.15) is 0 Å². The molecule has 4 nitrogen and oxygen atoms in total. The summed E-state index contributed by atoms with van der Waals surface area (Å²) in [5, 5.41) is 3.25. The first kappa shape index (κ1) is 11.5. The highest BCUT2D eigenvalue weighted by molar-refractivity contribution is 5.86. The molecule has 2 aliphatic carbocycles. The molecule has 0 aromatic heterocycles. The first-order chi connectivity index (χ1) is 8.15. The summed E-state index contributed by atoms with van der Waals surface area (Å²) in [4.78, 5) is 14.4. The Labute approximate surface area is 103 Å². The third-order valence-corrected chi connectivity index (χ3v) is 5.14. The zero-order chi connectivity index (χ0) is 12.0. The van der Waals surface area contributed by atoms with Crippen LogP contribution >= 0.6 is 0 Å². The van der Waals surface area contributed by atoms with Gasteiger partial charge in [-0.15, -0.1) is 0 Å². The summed E-state index contributed by atoms with van der Waals surface area (Å²) < 4.78 is 0. The van der Waals surface area contributed by atoms with Gasteiger partial charge in [0.15, 0.2) is 0 Å². The van der Waals surface area contributed by atoms with E-state index < -0.39 is 5.54 Å². The maximum absolute atomic E-state index is 11.9. The fraction of sp³-hybridized carbons (Fsp3) is 0.923. The van der Waals surface area contributed by atoms with Crippen molar-refractivity contribution in [1.82, 2.24) is 10.2 Å². The van der Waals surface area contributed by atoms with E-state index in [1.807, 2.05) is 7.05 Å². The molecule has 0 aromatic carbocycles. The number of primary amides is 1.